The number of rotatable bonds is 11. The summed E-state index contributed by atoms with van der Waals surface area (Å²) < 4.78 is 1.37. The van der Waals surface area contributed by atoms with Gasteiger partial charge in [0.2, 0.25) is 0 Å². The van der Waals surface area contributed by atoms with E-state index in [4.69, 9.17) is 4.98 Å². The molecule has 0 atom stereocenters. The van der Waals surface area contributed by atoms with Gasteiger partial charge in [0.05, 0.1) is 5.76 Å². The molecular weight excluding hydrogens is 867 g/mol. The molecule has 0 aliphatic rings. The van der Waals surface area contributed by atoms with Crippen molar-refractivity contribution in [1.29, 1.82) is 0 Å². The van der Waals surface area contributed by atoms with E-state index in [1.54, 1.807) is 11.3 Å². The fraction of sp³-hybridized carbons (Fsp3) is 0.404. The molecular formula is C47H56IrNO2S2-. The van der Waals surface area contributed by atoms with E-state index in [0.717, 1.165) is 53.6 Å². The topological polar surface area (TPSA) is 50.2 Å². The van der Waals surface area contributed by atoms with Crippen molar-refractivity contribution in [2.45, 2.75) is 107 Å². The average molecular weight is 923 g/mol. The van der Waals surface area contributed by atoms with Crippen LogP contribution < -0.4 is 0 Å². The van der Waals surface area contributed by atoms with E-state index in [0.29, 0.717) is 5.92 Å². The predicted octanol–water partition coefficient (Wildman–Crippen LogP) is 14.5. The monoisotopic (exact) mass is 923 g/mol. The van der Waals surface area contributed by atoms with Crippen molar-refractivity contribution in [1.82, 2.24) is 4.98 Å². The number of allylic oxidation sites excluding steroid dienone is 2. The summed E-state index contributed by atoms with van der Waals surface area (Å²) in [7, 11) is 0. The number of hydrogen-bond acceptors (Lipinski definition) is 5. The van der Waals surface area contributed by atoms with Gasteiger partial charge in [-0.1, -0.05) is 110 Å². The first-order valence-corrected chi connectivity index (χ1v) is 20.8. The number of nitrogens with zero attached hydrogens (tertiary/aromatic N) is 1. The molecule has 3 heterocycles. The summed E-state index contributed by atoms with van der Waals surface area (Å²) in [5.74, 6) is 1.21. The van der Waals surface area contributed by atoms with Gasteiger partial charge in [-0.3, -0.25) is 9.78 Å². The summed E-state index contributed by atoms with van der Waals surface area (Å²) in [5, 5.41) is 16.9. The van der Waals surface area contributed by atoms with E-state index < -0.39 is 0 Å². The molecule has 0 unspecified atom stereocenters. The van der Waals surface area contributed by atoms with Crippen LogP contribution in [0.2, 0.25) is 0 Å². The van der Waals surface area contributed by atoms with Gasteiger partial charge in [-0.25, -0.2) is 0 Å². The Kier molecular flexibility index (Phi) is 14.8. The van der Waals surface area contributed by atoms with Gasteiger partial charge < -0.3 is 5.11 Å². The third-order valence-corrected chi connectivity index (χ3v) is 12.4. The van der Waals surface area contributed by atoms with Crippen LogP contribution in [-0.2, 0) is 36.7 Å². The minimum atomic E-state index is 0. The van der Waals surface area contributed by atoms with Gasteiger partial charge in [-0.2, -0.15) is 0 Å². The van der Waals surface area contributed by atoms with Crippen molar-refractivity contribution >= 4 is 59.5 Å². The maximum absolute atomic E-state index is 11.7. The maximum Gasteiger partial charge on any atom is 0.162 e. The van der Waals surface area contributed by atoms with Crippen LogP contribution in [0.4, 0.5) is 0 Å². The van der Waals surface area contributed by atoms with Crippen LogP contribution in [0.25, 0.3) is 53.5 Å². The molecule has 1 N–H and O–H groups in total. The third-order valence-electron chi connectivity index (χ3n) is 10.3. The zero-order valence-corrected chi connectivity index (χ0v) is 37.2. The molecule has 6 heteroatoms. The minimum Gasteiger partial charge on any atom is -0.512 e. The van der Waals surface area contributed by atoms with Gasteiger partial charge in [-0.05, 0) is 90.0 Å². The summed E-state index contributed by atoms with van der Waals surface area (Å²) in [6.07, 6.45) is 6.05. The van der Waals surface area contributed by atoms with Gasteiger partial charge in [0.1, 0.15) is 4.83 Å². The molecule has 0 saturated carbocycles. The molecule has 0 aliphatic heterocycles. The number of aliphatic hydroxyl groups excluding tert-OH is 1. The molecule has 0 spiro atoms. The standard InChI is InChI=1S/C34H32NS2.C13H24O2.Ir/c1-20(2)15-31-21(3)25-12-11-23(18-32(25)37-31)28-19-30(35-33-27(28)13-14-36-33)24-16-22-9-7-8-10-26(22)29(17-24)34(4,5)6;1-5-10(6-2)12(14)9-13(15)11(7-3)8-4;/h7-14,17-20H,15H2,1-6H3;9-11,14H,5-8H2,1-4H3;/q-1;;/b;12-9-;. The summed E-state index contributed by atoms with van der Waals surface area (Å²) in [6.45, 7) is 21.8. The van der Waals surface area contributed by atoms with E-state index in [9.17, 15) is 9.90 Å². The normalized spacial score (nSPS) is 12.2. The second kappa shape index (κ2) is 18.5. The van der Waals surface area contributed by atoms with Crippen LogP contribution in [0.1, 0.15) is 104 Å². The largest absolute Gasteiger partial charge is 0.512 e. The first kappa shape index (κ1) is 42.6. The first-order valence-electron chi connectivity index (χ1n) is 19.1. The Morgan fingerprint density at radius 2 is 1.57 bits per heavy atom. The Morgan fingerprint density at radius 1 is 0.887 bits per heavy atom. The summed E-state index contributed by atoms with van der Waals surface area (Å²) in [6, 6.07) is 26.1. The van der Waals surface area contributed by atoms with Crippen LogP contribution in [0, 0.1) is 30.7 Å². The number of benzene rings is 3. The van der Waals surface area contributed by atoms with Gasteiger partial charge in [0, 0.05) is 58.7 Å². The van der Waals surface area contributed by atoms with Crippen LogP contribution in [0.15, 0.2) is 77.9 Å². The van der Waals surface area contributed by atoms with Crippen LogP contribution >= 0.6 is 22.7 Å². The van der Waals surface area contributed by atoms with Crippen molar-refractivity contribution in [2.24, 2.45) is 17.8 Å². The molecule has 3 aromatic heterocycles. The second-order valence-corrected chi connectivity index (χ2v) is 17.6. The molecule has 0 fully saturated rings. The number of fused-ring (bicyclic) bond motifs is 3. The summed E-state index contributed by atoms with van der Waals surface area (Å²) >= 11 is 3.67. The number of pyridine rings is 1. The Labute approximate surface area is 339 Å². The van der Waals surface area contributed by atoms with Gasteiger partial charge in [-0.15, -0.1) is 51.8 Å². The summed E-state index contributed by atoms with van der Waals surface area (Å²) in [5.41, 5.74) is 7.36. The Hall–Kier alpha value is -3.15. The Balaban J connectivity index is 0.000000335. The first-order chi connectivity index (χ1) is 24.8. The molecule has 3 aromatic carbocycles. The zero-order chi connectivity index (χ0) is 37.7. The quantitative estimate of drug-likeness (QED) is 0.0800. The van der Waals surface area contributed by atoms with E-state index in [2.05, 4.69) is 114 Å². The zero-order valence-electron chi connectivity index (χ0n) is 33.1. The molecule has 0 saturated heterocycles. The minimum absolute atomic E-state index is 0. The molecule has 53 heavy (non-hydrogen) atoms. The fourth-order valence-corrected chi connectivity index (χ4v) is 9.35. The molecule has 0 amide bonds. The molecule has 1 radical (unpaired) electrons. The smallest absolute Gasteiger partial charge is 0.162 e. The van der Waals surface area contributed by atoms with Crippen molar-refractivity contribution in [3.63, 3.8) is 0 Å². The third kappa shape index (κ3) is 9.75. The average Bonchev–Trinajstić information content (AvgIpc) is 3.71. The van der Waals surface area contributed by atoms with E-state index in [1.165, 1.54) is 54.1 Å². The van der Waals surface area contributed by atoms with Gasteiger partial charge in [0.15, 0.2) is 5.78 Å². The molecule has 6 rings (SSSR count). The Morgan fingerprint density at radius 3 is 2.21 bits per heavy atom. The summed E-state index contributed by atoms with van der Waals surface area (Å²) in [4.78, 5) is 19.4. The van der Waals surface area contributed by atoms with Crippen molar-refractivity contribution < 1.29 is 30.0 Å². The van der Waals surface area contributed by atoms with Crippen molar-refractivity contribution in [3.8, 4) is 22.4 Å². The fourth-order valence-electron chi connectivity index (χ4n) is 7.10. The van der Waals surface area contributed by atoms with Crippen molar-refractivity contribution in [3.05, 3.63) is 99.9 Å². The van der Waals surface area contributed by atoms with E-state index in [1.807, 2.05) is 39.0 Å². The molecule has 0 aliphatic carbocycles. The second-order valence-electron chi connectivity index (χ2n) is 15.5. The van der Waals surface area contributed by atoms with Crippen LogP contribution in [0.3, 0.4) is 0 Å². The SMILES string of the molecule is CCC(CC)C(=O)/C=C(\O)C(CC)CC.Cc1c(CC(C)C)sc2cc(-c3cc(-c4[c-]c5ccccc5c(C(C)(C)C)c4)nc4sccc34)ccc12.[Ir]. The molecule has 283 valence electrons. The number of thiophene rings is 2. The number of carbonyl (C=O) groups is 1. The van der Waals surface area contributed by atoms with E-state index >= 15 is 0 Å². The number of hydrogen-bond donors (Lipinski definition) is 1. The molecule has 3 nitrogen and oxygen atoms in total. The van der Waals surface area contributed by atoms with Crippen LogP contribution in [-0.4, -0.2) is 15.9 Å². The van der Waals surface area contributed by atoms with Crippen LogP contribution in [0.5, 0.6) is 0 Å². The maximum atomic E-state index is 11.7. The molecule has 6 aromatic rings. The number of aliphatic hydroxyl groups is 1. The number of aryl methyl sites for hydroxylation is 1. The van der Waals surface area contributed by atoms with Gasteiger partial charge in [0.25, 0.3) is 0 Å². The predicted molar refractivity (Wildman–Crippen MR) is 228 cm³/mol. The Bertz CT molecular complexity index is 2190. The van der Waals surface area contributed by atoms with Gasteiger partial charge >= 0.3 is 0 Å². The number of aromatic nitrogens is 1. The number of ketones is 1. The molecule has 0 bridgehead atoms. The number of carbonyl (C=O) groups excluding carboxylic acids is 1. The van der Waals surface area contributed by atoms with Crippen molar-refractivity contribution in [2.75, 3.05) is 0 Å². The van der Waals surface area contributed by atoms with E-state index in [-0.39, 0.29) is 48.9 Å².